The summed E-state index contributed by atoms with van der Waals surface area (Å²) in [5, 5.41) is 5.63. The van der Waals surface area contributed by atoms with Gasteiger partial charge in [0.25, 0.3) is 0 Å². The summed E-state index contributed by atoms with van der Waals surface area (Å²) in [5.74, 6) is 0.974. The Morgan fingerprint density at radius 3 is 2.79 bits per heavy atom. The zero-order valence-corrected chi connectivity index (χ0v) is 10.9. The molecule has 0 aliphatic carbocycles. The molecule has 0 aliphatic heterocycles. The second kappa shape index (κ2) is 5.99. The second-order valence-corrected chi connectivity index (χ2v) is 4.54. The quantitative estimate of drug-likeness (QED) is 0.788. The van der Waals surface area contributed by atoms with Gasteiger partial charge in [0.1, 0.15) is 5.82 Å². The number of aromatic nitrogens is 3. The van der Waals surface area contributed by atoms with E-state index in [1.807, 2.05) is 13.8 Å². The highest BCUT2D eigenvalue weighted by atomic mass is 16.2. The molecule has 0 spiro atoms. The van der Waals surface area contributed by atoms with E-state index in [9.17, 15) is 4.79 Å². The topological polar surface area (TPSA) is 82.7 Å². The van der Waals surface area contributed by atoms with Crippen LogP contribution < -0.4 is 10.6 Å². The lowest BCUT2D eigenvalue weighted by molar-refractivity contribution is 0.244. The van der Waals surface area contributed by atoms with Gasteiger partial charge in [-0.05, 0) is 18.1 Å². The fraction of sp³-hybridized carbons (Fsp3) is 0.308. The summed E-state index contributed by atoms with van der Waals surface area (Å²) in [7, 11) is 0. The molecule has 2 amide bonds. The summed E-state index contributed by atoms with van der Waals surface area (Å²) in [4.78, 5) is 23.1. The van der Waals surface area contributed by atoms with Crippen LogP contribution in [-0.2, 0) is 0 Å². The van der Waals surface area contributed by atoms with Gasteiger partial charge in [-0.25, -0.2) is 9.78 Å². The van der Waals surface area contributed by atoms with E-state index in [-0.39, 0.29) is 18.0 Å². The van der Waals surface area contributed by atoms with Crippen LogP contribution >= 0.6 is 0 Å². The minimum absolute atomic E-state index is 0.160. The highest BCUT2D eigenvalue weighted by Gasteiger charge is 2.20. The summed E-state index contributed by atoms with van der Waals surface area (Å²) in [6.45, 7) is 4.05. The van der Waals surface area contributed by atoms with Crippen molar-refractivity contribution in [3.05, 3.63) is 42.7 Å². The van der Waals surface area contributed by atoms with E-state index in [1.165, 1.54) is 0 Å². The van der Waals surface area contributed by atoms with E-state index in [0.717, 1.165) is 5.82 Å². The van der Waals surface area contributed by atoms with E-state index in [2.05, 4.69) is 25.6 Å². The number of aromatic amines is 1. The third-order valence-corrected chi connectivity index (χ3v) is 2.69. The number of H-pyrrole nitrogens is 1. The van der Waals surface area contributed by atoms with E-state index in [1.54, 1.807) is 36.9 Å². The molecule has 0 fully saturated rings. The lowest BCUT2D eigenvalue weighted by Crippen LogP contribution is -2.35. The zero-order chi connectivity index (χ0) is 13.7. The number of pyridine rings is 1. The largest absolute Gasteiger partial charge is 0.347 e. The van der Waals surface area contributed by atoms with Gasteiger partial charge in [-0.15, -0.1) is 0 Å². The first kappa shape index (κ1) is 13.1. The smallest absolute Gasteiger partial charge is 0.319 e. The molecule has 0 bridgehead atoms. The summed E-state index contributed by atoms with van der Waals surface area (Å²) < 4.78 is 0. The van der Waals surface area contributed by atoms with Crippen LogP contribution in [0.1, 0.15) is 25.7 Å². The molecule has 1 atom stereocenters. The normalized spacial score (nSPS) is 12.2. The Hall–Kier alpha value is -2.37. The predicted octanol–water partition coefficient (Wildman–Crippen LogP) is 2.32. The van der Waals surface area contributed by atoms with Gasteiger partial charge >= 0.3 is 6.03 Å². The van der Waals surface area contributed by atoms with Gasteiger partial charge in [0.2, 0.25) is 0 Å². The molecule has 2 aromatic heterocycles. The van der Waals surface area contributed by atoms with E-state index in [4.69, 9.17) is 0 Å². The highest BCUT2D eigenvalue weighted by Crippen LogP contribution is 2.18. The third-order valence-electron chi connectivity index (χ3n) is 2.69. The van der Waals surface area contributed by atoms with Crippen LogP contribution in [0.25, 0.3) is 0 Å². The van der Waals surface area contributed by atoms with Crippen LogP contribution in [0.3, 0.4) is 0 Å². The Labute approximate surface area is 111 Å². The number of nitrogens with one attached hydrogen (secondary N) is 3. The molecule has 0 saturated carbocycles. The van der Waals surface area contributed by atoms with E-state index >= 15 is 0 Å². The SMILES string of the molecule is CC(C)[C@H](NC(=O)Nc1cccnc1)c1ncc[nH]1. The monoisotopic (exact) mass is 259 g/mol. The molecule has 0 aromatic carbocycles. The van der Waals surface area contributed by atoms with Crippen LogP contribution in [0.5, 0.6) is 0 Å². The maximum Gasteiger partial charge on any atom is 0.319 e. The van der Waals surface area contributed by atoms with Crippen LogP contribution in [0.2, 0.25) is 0 Å². The number of anilines is 1. The molecular formula is C13H17N5O. The van der Waals surface area contributed by atoms with Crippen molar-refractivity contribution in [2.45, 2.75) is 19.9 Å². The number of nitrogens with zero attached hydrogens (tertiary/aromatic N) is 2. The van der Waals surface area contributed by atoms with Crippen LogP contribution in [0.15, 0.2) is 36.9 Å². The van der Waals surface area contributed by atoms with Gasteiger partial charge in [0, 0.05) is 18.6 Å². The van der Waals surface area contributed by atoms with Crippen molar-refractivity contribution >= 4 is 11.7 Å². The molecule has 6 heteroatoms. The van der Waals surface area contributed by atoms with Gasteiger partial charge in [0.05, 0.1) is 17.9 Å². The van der Waals surface area contributed by atoms with Gasteiger partial charge in [-0.2, -0.15) is 0 Å². The summed E-state index contributed by atoms with van der Waals surface area (Å²) >= 11 is 0. The summed E-state index contributed by atoms with van der Waals surface area (Å²) in [6, 6.07) is 3.11. The molecule has 2 heterocycles. The summed E-state index contributed by atoms with van der Waals surface area (Å²) in [6.07, 6.45) is 6.66. The van der Waals surface area contributed by atoms with Crippen molar-refractivity contribution in [2.24, 2.45) is 5.92 Å². The summed E-state index contributed by atoms with van der Waals surface area (Å²) in [5.41, 5.74) is 0.655. The number of hydrogen-bond donors (Lipinski definition) is 3. The lowest BCUT2D eigenvalue weighted by atomic mass is 10.0. The number of imidazole rings is 1. The highest BCUT2D eigenvalue weighted by molar-refractivity contribution is 5.89. The molecule has 0 saturated heterocycles. The average molecular weight is 259 g/mol. The molecule has 3 N–H and O–H groups in total. The number of rotatable bonds is 4. The maximum absolute atomic E-state index is 11.9. The van der Waals surface area contributed by atoms with Gasteiger partial charge in [0.15, 0.2) is 0 Å². The Morgan fingerprint density at radius 2 is 2.21 bits per heavy atom. The molecule has 100 valence electrons. The molecule has 6 nitrogen and oxygen atoms in total. The first-order valence-electron chi connectivity index (χ1n) is 6.13. The zero-order valence-electron chi connectivity index (χ0n) is 10.9. The second-order valence-electron chi connectivity index (χ2n) is 4.54. The predicted molar refractivity (Wildman–Crippen MR) is 72.6 cm³/mol. The molecule has 19 heavy (non-hydrogen) atoms. The molecule has 0 radical (unpaired) electrons. The van der Waals surface area contributed by atoms with E-state index in [0.29, 0.717) is 5.69 Å². The maximum atomic E-state index is 11.9. The van der Waals surface area contributed by atoms with Crippen molar-refractivity contribution in [3.8, 4) is 0 Å². The third kappa shape index (κ3) is 3.54. The molecule has 0 unspecified atom stereocenters. The Kier molecular flexibility index (Phi) is 4.12. The minimum atomic E-state index is -0.275. The molecule has 2 rings (SSSR count). The van der Waals surface area contributed by atoms with Crippen molar-refractivity contribution in [2.75, 3.05) is 5.32 Å². The fourth-order valence-corrected chi connectivity index (χ4v) is 1.74. The van der Waals surface area contributed by atoms with Crippen molar-refractivity contribution in [1.82, 2.24) is 20.3 Å². The Balaban J connectivity index is 2.00. The van der Waals surface area contributed by atoms with Gasteiger partial charge < -0.3 is 15.6 Å². The van der Waals surface area contributed by atoms with Crippen molar-refractivity contribution in [1.29, 1.82) is 0 Å². The van der Waals surface area contributed by atoms with E-state index < -0.39 is 0 Å². The Morgan fingerprint density at radius 1 is 1.37 bits per heavy atom. The first-order chi connectivity index (χ1) is 9.16. The van der Waals surface area contributed by atoms with Crippen LogP contribution in [0, 0.1) is 5.92 Å². The number of carbonyl (C=O) groups is 1. The minimum Gasteiger partial charge on any atom is -0.347 e. The number of hydrogen-bond acceptors (Lipinski definition) is 3. The standard InChI is InChI=1S/C13H17N5O/c1-9(2)11(12-15-6-7-16-12)18-13(19)17-10-4-3-5-14-8-10/h3-9,11H,1-2H3,(H,15,16)(H2,17,18,19)/t11-/m0/s1. The van der Waals surface area contributed by atoms with Gasteiger partial charge in [-0.1, -0.05) is 13.8 Å². The molecular weight excluding hydrogens is 242 g/mol. The first-order valence-corrected chi connectivity index (χ1v) is 6.13. The lowest BCUT2D eigenvalue weighted by Gasteiger charge is -2.20. The average Bonchev–Trinajstić information content (AvgIpc) is 2.90. The van der Waals surface area contributed by atoms with Crippen LogP contribution in [0.4, 0.5) is 10.5 Å². The number of urea groups is 1. The Bertz CT molecular complexity index is 509. The fourth-order valence-electron chi connectivity index (χ4n) is 1.74. The molecule has 2 aromatic rings. The van der Waals surface area contributed by atoms with Crippen molar-refractivity contribution in [3.63, 3.8) is 0 Å². The number of carbonyl (C=O) groups excluding carboxylic acids is 1. The van der Waals surface area contributed by atoms with Gasteiger partial charge in [-0.3, -0.25) is 4.98 Å². The molecule has 0 aliphatic rings. The number of amides is 2. The van der Waals surface area contributed by atoms with Crippen LogP contribution in [-0.4, -0.2) is 21.0 Å². The van der Waals surface area contributed by atoms with Crippen molar-refractivity contribution < 1.29 is 4.79 Å².